The Kier molecular flexibility index (Phi) is 8.01. The number of rotatable bonds is 8. The van der Waals surface area contributed by atoms with E-state index in [9.17, 15) is 4.79 Å². The third-order valence-electron chi connectivity index (χ3n) is 6.80. The number of carbonyl (C=O) groups excluding carboxylic acids is 1. The molecular formula is C27H33ClN2O4. The quantitative estimate of drug-likeness (QED) is 0.538. The number of ether oxygens (including phenoxy) is 3. The third-order valence-corrected chi connectivity index (χ3v) is 7.03. The topological polar surface area (TPSA) is 51.2 Å². The van der Waals surface area contributed by atoms with Crippen molar-refractivity contribution in [3.05, 3.63) is 58.6 Å². The molecule has 2 aromatic rings. The summed E-state index contributed by atoms with van der Waals surface area (Å²) in [6.45, 7) is 3.13. The summed E-state index contributed by atoms with van der Waals surface area (Å²) >= 11 is 6.59. The molecule has 2 fully saturated rings. The van der Waals surface area contributed by atoms with Crippen molar-refractivity contribution in [2.45, 2.75) is 31.8 Å². The molecule has 2 aliphatic rings. The molecule has 2 aliphatic heterocycles. The normalized spacial score (nSPS) is 21.2. The highest BCUT2D eigenvalue weighted by Crippen LogP contribution is 2.40. The van der Waals surface area contributed by atoms with Crippen LogP contribution < -0.4 is 14.2 Å². The molecule has 1 amide bonds. The summed E-state index contributed by atoms with van der Waals surface area (Å²) < 4.78 is 16.4. The molecule has 0 aromatic heterocycles. The van der Waals surface area contributed by atoms with Crippen molar-refractivity contribution in [2.75, 3.05) is 41.0 Å². The number of likely N-dealkylation sites (tertiary alicyclic amines) is 2. The lowest BCUT2D eigenvalue weighted by atomic mass is 9.83. The summed E-state index contributed by atoms with van der Waals surface area (Å²) in [6, 6.07) is 14.2. The second-order valence-electron chi connectivity index (χ2n) is 8.95. The molecule has 0 spiro atoms. The maximum atomic E-state index is 12.9. The summed E-state index contributed by atoms with van der Waals surface area (Å²) in [5.74, 6) is 2.42. The Morgan fingerprint density at radius 1 is 1.06 bits per heavy atom. The minimum absolute atomic E-state index is 0.213. The van der Waals surface area contributed by atoms with Crippen molar-refractivity contribution in [3.8, 4) is 17.2 Å². The molecule has 34 heavy (non-hydrogen) atoms. The number of methoxy groups -OCH3 is 3. The van der Waals surface area contributed by atoms with E-state index in [-0.39, 0.29) is 11.9 Å². The largest absolute Gasteiger partial charge is 0.493 e. The molecule has 0 unspecified atom stereocenters. The van der Waals surface area contributed by atoms with E-state index in [1.54, 1.807) is 21.3 Å². The van der Waals surface area contributed by atoms with Gasteiger partial charge in [-0.3, -0.25) is 9.69 Å². The predicted molar refractivity (Wildman–Crippen MR) is 134 cm³/mol. The first-order chi connectivity index (χ1) is 16.5. The van der Waals surface area contributed by atoms with E-state index in [1.165, 1.54) is 0 Å². The molecule has 2 aromatic carbocycles. The molecule has 2 heterocycles. The molecule has 0 radical (unpaired) electrons. The zero-order valence-corrected chi connectivity index (χ0v) is 20.9. The molecule has 2 saturated heterocycles. The van der Waals surface area contributed by atoms with Crippen LogP contribution in [0.1, 0.15) is 30.4 Å². The molecule has 182 valence electrons. The number of hydrogen-bond donors (Lipinski definition) is 0. The van der Waals surface area contributed by atoms with Crippen LogP contribution in [-0.4, -0.2) is 62.7 Å². The van der Waals surface area contributed by atoms with E-state index in [0.717, 1.165) is 48.6 Å². The predicted octanol–water partition coefficient (Wildman–Crippen LogP) is 4.81. The van der Waals surface area contributed by atoms with Gasteiger partial charge in [0, 0.05) is 43.7 Å². The lowest BCUT2D eigenvalue weighted by Gasteiger charge is -2.47. The van der Waals surface area contributed by atoms with Gasteiger partial charge in [-0.2, -0.15) is 0 Å². The highest BCUT2D eigenvalue weighted by atomic mass is 35.5. The number of carbonyl (C=O) groups is 1. The van der Waals surface area contributed by atoms with Gasteiger partial charge in [-0.25, -0.2) is 0 Å². The highest BCUT2D eigenvalue weighted by molar-refractivity contribution is 6.31. The first-order valence-corrected chi connectivity index (χ1v) is 12.1. The van der Waals surface area contributed by atoms with Gasteiger partial charge in [-0.15, -0.1) is 0 Å². The van der Waals surface area contributed by atoms with Gasteiger partial charge in [0.2, 0.25) is 11.7 Å². The Morgan fingerprint density at radius 3 is 2.41 bits per heavy atom. The zero-order valence-electron chi connectivity index (χ0n) is 20.1. The SMILES string of the molecule is COc1cc(CN2C(=O)CC[C@@H]3CN(C/C(Cl)=C/c4ccccc4)CC[C@@H]32)cc(OC)c1OC. The van der Waals surface area contributed by atoms with Crippen molar-refractivity contribution in [1.29, 1.82) is 0 Å². The van der Waals surface area contributed by atoms with Crippen LogP contribution in [0.25, 0.3) is 6.08 Å². The minimum Gasteiger partial charge on any atom is -0.493 e. The van der Waals surface area contributed by atoms with Crippen LogP contribution in [0.5, 0.6) is 17.2 Å². The number of nitrogens with zero attached hydrogens (tertiary/aromatic N) is 2. The lowest BCUT2D eigenvalue weighted by molar-refractivity contribution is -0.141. The smallest absolute Gasteiger partial charge is 0.223 e. The molecule has 0 saturated carbocycles. The molecule has 0 bridgehead atoms. The standard InChI is InChI=1S/C27H33ClN2O4/c1-32-24-14-20(15-25(33-2)27(24)34-3)16-30-23-11-12-29(17-21(23)9-10-26(30)31)18-22(28)13-19-7-5-4-6-8-19/h4-8,13-15,21,23H,9-12,16-18H2,1-3H3/b22-13-/t21-,23+/m1/s1. The van der Waals surface area contributed by atoms with Crippen molar-refractivity contribution < 1.29 is 19.0 Å². The third kappa shape index (κ3) is 5.50. The van der Waals surface area contributed by atoms with Gasteiger partial charge in [0.15, 0.2) is 11.5 Å². The fourth-order valence-electron chi connectivity index (χ4n) is 5.19. The lowest BCUT2D eigenvalue weighted by Crippen LogP contribution is -2.55. The molecular weight excluding hydrogens is 452 g/mol. The van der Waals surface area contributed by atoms with Gasteiger partial charge in [-0.1, -0.05) is 41.9 Å². The minimum atomic E-state index is 0.213. The average molecular weight is 485 g/mol. The first-order valence-electron chi connectivity index (χ1n) is 11.7. The van der Waals surface area contributed by atoms with E-state index in [2.05, 4.69) is 17.0 Å². The molecule has 2 atom stereocenters. The van der Waals surface area contributed by atoms with Gasteiger partial charge in [-0.05, 0) is 48.1 Å². The van der Waals surface area contributed by atoms with Crippen molar-refractivity contribution in [2.24, 2.45) is 5.92 Å². The van der Waals surface area contributed by atoms with Crippen LogP contribution >= 0.6 is 11.6 Å². The van der Waals surface area contributed by atoms with Crippen LogP contribution in [0.4, 0.5) is 0 Å². The fraction of sp³-hybridized carbons (Fsp3) is 0.444. The second-order valence-corrected chi connectivity index (χ2v) is 9.43. The van der Waals surface area contributed by atoms with Gasteiger partial charge in [0.05, 0.1) is 21.3 Å². The zero-order chi connectivity index (χ0) is 24.1. The van der Waals surface area contributed by atoms with Crippen molar-refractivity contribution >= 4 is 23.6 Å². The average Bonchev–Trinajstić information content (AvgIpc) is 2.85. The fourth-order valence-corrected chi connectivity index (χ4v) is 5.48. The van der Waals surface area contributed by atoms with Crippen LogP contribution in [-0.2, 0) is 11.3 Å². The Morgan fingerprint density at radius 2 is 1.76 bits per heavy atom. The second kappa shape index (κ2) is 11.2. The van der Waals surface area contributed by atoms with Gasteiger partial charge in [0.25, 0.3) is 0 Å². The van der Waals surface area contributed by atoms with Gasteiger partial charge in [0.1, 0.15) is 0 Å². The van der Waals surface area contributed by atoms with Crippen LogP contribution in [0.3, 0.4) is 0 Å². The van der Waals surface area contributed by atoms with Crippen LogP contribution in [0.15, 0.2) is 47.5 Å². The molecule has 0 aliphatic carbocycles. The maximum Gasteiger partial charge on any atom is 0.223 e. The Labute approximate surface area is 207 Å². The molecule has 0 N–H and O–H groups in total. The highest BCUT2D eigenvalue weighted by Gasteiger charge is 2.39. The van der Waals surface area contributed by atoms with E-state index < -0.39 is 0 Å². The molecule has 7 heteroatoms. The number of amides is 1. The number of halogens is 1. The number of piperidine rings is 2. The summed E-state index contributed by atoms with van der Waals surface area (Å²) in [4.78, 5) is 17.4. The van der Waals surface area contributed by atoms with E-state index in [4.69, 9.17) is 25.8 Å². The van der Waals surface area contributed by atoms with Crippen molar-refractivity contribution in [3.63, 3.8) is 0 Å². The molecule has 6 nitrogen and oxygen atoms in total. The monoisotopic (exact) mass is 484 g/mol. The van der Waals surface area contributed by atoms with Crippen LogP contribution in [0.2, 0.25) is 0 Å². The van der Waals surface area contributed by atoms with Gasteiger partial charge >= 0.3 is 0 Å². The molecule has 4 rings (SSSR count). The summed E-state index contributed by atoms with van der Waals surface area (Å²) in [7, 11) is 4.81. The van der Waals surface area contributed by atoms with E-state index in [0.29, 0.717) is 36.1 Å². The Bertz CT molecular complexity index is 1000. The number of fused-ring (bicyclic) bond motifs is 1. The number of benzene rings is 2. The first kappa shape index (κ1) is 24.4. The van der Waals surface area contributed by atoms with E-state index >= 15 is 0 Å². The van der Waals surface area contributed by atoms with Crippen molar-refractivity contribution in [1.82, 2.24) is 9.80 Å². The Balaban J connectivity index is 1.45. The summed E-state index contributed by atoms with van der Waals surface area (Å²) in [5.41, 5.74) is 2.09. The summed E-state index contributed by atoms with van der Waals surface area (Å²) in [6.07, 6.45) is 4.48. The van der Waals surface area contributed by atoms with E-state index in [1.807, 2.05) is 41.3 Å². The maximum absolute atomic E-state index is 12.9. The van der Waals surface area contributed by atoms with Gasteiger partial charge < -0.3 is 19.1 Å². The van der Waals surface area contributed by atoms with Crippen LogP contribution in [0, 0.1) is 5.92 Å². The summed E-state index contributed by atoms with van der Waals surface area (Å²) in [5, 5.41) is 0.839. The number of hydrogen-bond acceptors (Lipinski definition) is 5. The Hall–Kier alpha value is -2.70.